The van der Waals surface area contributed by atoms with Gasteiger partial charge in [0.15, 0.2) is 0 Å². The topological polar surface area (TPSA) is 49.4 Å². The van der Waals surface area contributed by atoms with Gasteiger partial charge in [-0.05, 0) is 53.9 Å². The van der Waals surface area contributed by atoms with Gasteiger partial charge in [-0.25, -0.2) is 4.79 Å². The standard InChI is InChI=1S/C17H17ClN2O2S/c1-23(22)16-6-4-15(5-7-16)19-17(21)20-9-8-12-10-14(18)3-2-13(12)11-20/h2-7,10H,8-9,11H2,1H3,(H,19,21). The zero-order valence-electron chi connectivity index (χ0n) is 12.7. The molecule has 6 heteroatoms. The van der Waals surface area contributed by atoms with Gasteiger partial charge < -0.3 is 10.2 Å². The van der Waals surface area contributed by atoms with Crippen LogP contribution in [0.5, 0.6) is 0 Å². The molecule has 23 heavy (non-hydrogen) atoms. The lowest BCUT2D eigenvalue weighted by atomic mass is 10.0. The van der Waals surface area contributed by atoms with E-state index in [1.54, 1.807) is 35.4 Å². The number of carbonyl (C=O) groups excluding carboxylic acids is 1. The maximum Gasteiger partial charge on any atom is 0.322 e. The SMILES string of the molecule is CS(=O)c1ccc(NC(=O)N2CCc3cc(Cl)ccc3C2)cc1. The molecule has 0 saturated carbocycles. The van der Waals surface area contributed by atoms with Crippen molar-refractivity contribution in [3.8, 4) is 0 Å². The summed E-state index contributed by atoms with van der Waals surface area (Å²) in [7, 11) is -1.01. The zero-order valence-corrected chi connectivity index (χ0v) is 14.3. The molecule has 4 nitrogen and oxygen atoms in total. The number of hydrogen-bond donors (Lipinski definition) is 1. The van der Waals surface area contributed by atoms with Gasteiger partial charge in [-0.1, -0.05) is 17.7 Å². The van der Waals surface area contributed by atoms with Crippen molar-refractivity contribution in [1.29, 1.82) is 0 Å². The van der Waals surface area contributed by atoms with Gasteiger partial charge in [-0.3, -0.25) is 4.21 Å². The van der Waals surface area contributed by atoms with E-state index in [0.29, 0.717) is 18.8 Å². The first-order valence-electron chi connectivity index (χ1n) is 7.29. The van der Waals surface area contributed by atoms with Crippen molar-refractivity contribution in [2.75, 3.05) is 18.1 Å². The minimum atomic E-state index is -1.01. The van der Waals surface area contributed by atoms with Crippen LogP contribution in [0.2, 0.25) is 5.02 Å². The summed E-state index contributed by atoms with van der Waals surface area (Å²) in [6, 6.07) is 12.7. The number of amides is 2. The van der Waals surface area contributed by atoms with Crippen molar-refractivity contribution in [3.63, 3.8) is 0 Å². The lowest BCUT2D eigenvalue weighted by Crippen LogP contribution is -2.38. The average molecular weight is 349 g/mol. The maximum atomic E-state index is 12.4. The summed E-state index contributed by atoms with van der Waals surface area (Å²) in [5.41, 5.74) is 3.04. The predicted molar refractivity (Wildman–Crippen MR) is 93.4 cm³/mol. The first-order valence-corrected chi connectivity index (χ1v) is 9.23. The molecule has 0 spiro atoms. The summed E-state index contributed by atoms with van der Waals surface area (Å²) in [5.74, 6) is 0. The molecule has 3 rings (SSSR count). The van der Waals surface area contributed by atoms with Crippen LogP contribution in [-0.2, 0) is 23.8 Å². The third-order valence-electron chi connectivity index (χ3n) is 3.91. The highest BCUT2D eigenvalue weighted by Crippen LogP contribution is 2.23. The van der Waals surface area contributed by atoms with Crippen LogP contribution in [0.25, 0.3) is 0 Å². The van der Waals surface area contributed by atoms with E-state index in [4.69, 9.17) is 11.6 Å². The Balaban J connectivity index is 1.67. The molecule has 1 aliphatic rings. The van der Waals surface area contributed by atoms with E-state index in [-0.39, 0.29) is 6.03 Å². The van der Waals surface area contributed by atoms with Gasteiger partial charge in [0.05, 0.1) is 0 Å². The van der Waals surface area contributed by atoms with Gasteiger partial charge in [0.1, 0.15) is 0 Å². The van der Waals surface area contributed by atoms with Crippen molar-refractivity contribution < 1.29 is 9.00 Å². The van der Waals surface area contributed by atoms with Gasteiger partial charge in [0.2, 0.25) is 0 Å². The molecule has 0 radical (unpaired) electrons. The van der Waals surface area contributed by atoms with Crippen molar-refractivity contribution in [2.24, 2.45) is 0 Å². The Morgan fingerprint density at radius 1 is 1.17 bits per heavy atom. The van der Waals surface area contributed by atoms with Gasteiger partial charge in [0.25, 0.3) is 0 Å². The third-order valence-corrected chi connectivity index (χ3v) is 5.08. The monoisotopic (exact) mass is 348 g/mol. The molecule has 1 aliphatic heterocycles. The number of fused-ring (bicyclic) bond motifs is 1. The number of nitrogens with zero attached hydrogens (tertiary/aromatic N) is 1. The summed E-state index contributed by atoms with van der Waals surface area (Å²) < 4.78 is 11.4. The van der Waals surface area contributed by atoms with E-state index in [1.807, 2.05) is 18.2 Å². The Morgan fingerprint density at radius 2 is 1.91 bits per heavy atom. The zero-order chi connectivity index (χ0) is 16.4. The van der Waals surface area contributed by atoms with Crippen molar-refractivity contribution in [2.45, 2.75) is 17.9 Å². The highest BCUT2D eigenvalue weighted by molar-refractivity contribution is 7.84. The number of carbonyl (C=O) groups is 1. The summed E-state index contributed by atoms with van der Waals surface area (Å²) >= 11 is 6.00. The molecule has 0 aliphatic carbocycles. The molecule has 2 amide bonds. The van der Waals surface area contributed by atoms with Crippen molar-refractivity contribution in [1.82, 2.24) is 4.90 Å². The summed E-state index contributed by atoms with van der Waals surface area (Å²) in [4.78, 5) is 14.9. The molecule has 0 aromatic heterocycles. The molecular formula is C17H17ClN2O2S. The van der Waals surface area contributed by atoms with Crippen LogP contribution in [0, 0.1) is 0 Å². The number of benzene rings is 2. The van der Waals surface area contributed by atoms with Gasteiger partial charge in [-0.2, -0.15) is 0 Å². The minimum absolute atomic E-state index is 0.129. The fourth-order valence-electron chi connectivity index (χ4n) is 2.63. The lowest BCUT2D eigenvalue weighted by Gasteiger charge is -2.29. The van der Waals surface area contributed by atoms with E-state index in [0.717, 1.165) is 21.9 Å². The summed E-state index contributed by atoms with van der Waals surface area (Å²) in [6.07, 6.45) is 2.43. The number of urea groups is 1. The Bertz CT molecular complexity index is 762. The smallest absolute Gasteiger partial charge is 0.320 e. The van der Waals surface area contributed by atoms with E-state index < -0.39 is 10.8 Å². The fraction of sp³-hybridized carbons (Fsp3) is 0.235. The molecule has 0 bridgehead atoms. The van der Waals surface area contributed by atoms with Crippen LogP contribution in [0.15, 0.2) is 47.4 Å². The molecule has 2 aromatic carbocycles. The number of halogens is 1. The van der Waals surface area contributed by atoms with E-state index in [2.05, 4.69) is 5.32 Å². The van der Waals surface area contributed by atoms with Crippen LogP contribution in [-0.4, -0.2) is 27.9 Å². The van der Waals surface area contributed by atoms with Crippen LogP contribution in [0.1, 0.15) is 11.1 Å². The molecule has 120 valence electrons. The molecular weight excluding hydrogens is 332 g/mol. The van der Waals surface area contributed by atoms with Gasteiger partial charge in [0, 0.05) is 45.8 Å². The van der Waals surface area contributed by atoms with Crippen molar-refractivity contribution in [3.05, 3.63) is 58.6 Å². The molecule has 1 heterocycles. The summed E-state index contributed by atoms with van der Waals surface area (Å²) in [5, 5.41) is 3.61. The second-order valence-corrected chi connectivity index (χ2v) is 7.31. The largest absolute Gasteiger partial charge is 0.322 e. The van der Waals surface area contributed by atoms with Crippen LogP contribution < -0.4 is 5.32 Å². The minimum Gasteiger partial charge on any atom is -0.320 e. The Morgan fingerprint density at radius 3 is 2.61 bits per heavy atom. The van der Waals surface area contributed by atoms with E-state index in [1.165, 1.54) is 5.56 Å². The van der Waals surface area contributed by atoms with Crippen LogP contribution in [0.4, 0.5) is 10.5 Å². The first-order chi connectivity index (χ1) is 11.0. The number of rotatable bonds is 2. The normalized spacial score (nSPS) is 15.0. The third kappa shape index (κ3) is 3.74. The number of anilines is 1. The van der Waals surface area contributed by atoms with E-state index in [9.17, 15) is 9.00 Å². The average Bonchev–Trinajstić information content (AvgIpc) is 2.54. The molecule has 1 unspecified atom stereocenters. The molecule has 2 aromatic rings. The van der Waals surface area contributed by atoms with Crippen LogP contribution in [0.3, 0.4) is 0 Å². The molecule has 1 N–H and O–H groups in total. The van der Waals surface area contributed by atoms with E-state index >= 15 is 0 Å². The highest BCUT2D eigenvalue weighted by Gasteiger charge is 2.20. The predicted octanol–water partition coefficient (Wildman–Crippen LogP) is 3.67. The van der Waals surface area contributed by atoms with Gasteiger partial charge in [-0.15, -0.1) is 0 Å². The number of nitrogens with one attached hydrogen (secondary N) is 1. The van der Waals surface area contributed by atoms with Gasteiger partial charge >= 0.3 is 6.03 Å². The molecule has 0 saturated heterocycles. The second-order valence-electron chi connectivity index (χ2n) is 5.49. The Labute approximate surface area is 142 Å². The summed E-state index contributed by atoms with van der Waals surface area (Å²) in [6.45, 7) is 1.24. The Kier molecular flexibility index (Phi) is 4.68. The lowest BCUT2D eigenvalue weighted by molar-refractivity contribution is 0.206. The quantitative estimate of drug-likeness (QED) is 0.900. The first kappa shape index (κ1) is 16.0. The molecule has 0 fully saturated rings. The highest BCUT2D eigenvalue weighted by atomic mass is 35.5. The number of hydrogen-bond acceptors (Lipinski definition) is 2. The Hall–Kier alpha value is -1.85. The second kappa shape index (κ2) is 6.72. The maximum absolute atomic E-state index is 12.4. The van der Waals surface area contributed by atoms with Crippen LogP contribution >= 0.6 is 11.6 Å². The van der Waals surface area contributed by atoms with Crippen molar-refractivity contribution >= 4 is 34.1 Å². The fourth-order valence-corrected chi connectivity index (χ4v) is 3.34. The molecule has 1 atom stereocenters.